The fourth-order valence-electron chi connectivity index (χ4n) is 2.21. The first kappa shape index (κ1) is 15.8. The molecule has 1 heterocycles. The van der Waals surface area contributed by atoms with Crippen LogP contribution in [0.3, 0.4) is 0 Å². The third kappa shape index (κ3) is 2.88. The van der Waals surface area contributed by atoms with Gasteiger partial charge in [0.25, 0.3) is 5.92 Å². The average molecular weight is 323 g/mol. The Morgan fingerprint density at radius 2 is 1.95 bits per heavy atom. The Kier molecular flexibility index (Phi) is 3.98. The van der Waals surface area contributed by atoms with E-state index in [0.29, 0.717) is 4.31 Å². The minimum absolute atomic E-state index is 0.400. The number of carboxylic acid groups (broad SMARTS) is 1. The molecular formula is C12H12F3NO4S. The minimum Gasteiger partial charge on any atom is -0.481 e. The Balaban J connectivity index is 2.32. The van der Waals surface area contributed by atoms with E-state index >= 15 is 0 Å². The van der Waals surface area contributed by atoms with Crippen LogP contribution in [0.15, 0.2) is 29.2 Å². The molecule has 0 amide bonds. The van der Waals surface area contributed by atoms with Gasteiger partial charge in [-0.1, -0.05) is 12.1 Å². The van der Waals surface area contributed by atoms with Gasteiger partial charge in [0, 0.05) is 6.54 Å². The number of aliphatic carboxylic acids is 1. The lowest BCUT2D eigenvalue weighted by Gasteiger charge is -2.35. The summed E-state index contributed by atoms with van der Waals surface area (Å²) in [6.45, 7) is -1.68. The number of benzene rings is 1. The van der Waals surface area contributed by atoms with Gasteiger partial charge in [-0.2, -0.15) is 4.31 Å². The monoisotopic (exact) mass is 323 g/mol. The number of alkyl halides is 2. The molecule has 0 radical (unpaired) electrons. The molecule has 9 heteroatoms. The summed E-state index contributed by atoms with van der Waals surface area (Å²) in [5.41, 5.74) is 0. The smallest absolute Gasteiger partial charge is 0.312 e. The van der Waals surface area contributed by atoms with Crippen LogP contribution in [0, 0.1) is 11.7 Å². The van der Waals surface area contributed by atoms with E-state index in [1.807, 2.05) is 0 Å². The van der Waals surface area contributed by atoms with Crippen LogP contribution in [0.4, 0.5) is 13.2 Å². The van der Waals surface area contributed by atoms with Crippen LogP contribution in [-0.2, 0) is 14.8 Å². The lowest BCUT2D eigenvalue weighted by molar-refractivity contribution is -0.163. The van der Waals surface area contributed by atoms with Gasteiger partial charge in [0.1, 0.15) is 16.6 Å². The lowest BCUT2D eigenvalue weighted by Crippen LogP contribution is -2.52. The summed E-state index contributed by atoms with van der Waals surface area (Å²) in [5.74, 6) is -8.36. The topological polar surface area (TPSA) is 74.7 Å². The van der Waals surface area contributed by atoms with Gasteiger partial charge < -0.3 is 5.11 Å². The number of halogens is 3. The molecule has 1 saturated heterocycles. The molecule has 1 aliphatic rings. The molecular weight excluding hydrogens is 311 g/mol. The molecule has 2 rings (SSSR count). The molecule has 0 aromatic heterocycles. The van der Waals surface area contributed by atoms with Gasteiger partial charge in [0.2, 0.25) is 10.0 Å². The fourth-order valence-corrected chi connectivity index (χ4v) is 3.74. The summed E-state index contributed by atoms with van der Waals surface area (Å²) in [6, 6.07) is 4.44. The van der Waals surface area contributed by atoms with Crippen LogP contribution < -0.4 is 0 Å². The molecule has 0 aliphatic carbocycles. The number of piperidine rings is 1. The molecule has 0 saturated carbocycles. The number of sulfonamides is 1. The van der Waals surface area contributed by atoms with Crippen LogP contribution in [-0.4, -0.2) is 42.8 Å². The van der Waals surface area contributed by atoms with Crippen LogP contribution in [0.5, 0.6) is 0 Å². The van der Waals surface area contributed by atoms with Crippen molar-refractivity contribution in [3.63, 3.8) is 0 Å². The van der Waals surface area contributed by atoms with Crippen LogP contribution >= 0.6 is 0 Å². The van der Waals surface area contributed by atoms with E-state index in [0.717, 1.165) is 12.1 Å². The predicted octanol–water partition coefficient (Wildman–Crippen LogP) is 1.56. The second-order valence-electron chi connectivity index (χ2n) is 4.71. The average Bonchev–Trinajstić information content (AvgIpc) is 2.37. The van der Waals surface area contributed by atoms with E-state index < -0.39 is 58.1 Å². The van der Waals surface area contributed by atoms with Gasteiger partial charge in [-0.05, 0) is 18.6 Å². The predicted molar refractivity (Wildman–Crippen MR) is 65.8 cm³/mol. The number of hydrogen-bond donors (Lipinski definition) is 1. The van der Waals surface area contributed by atoms with Crippen LogP contribution in [0.25, 0.3) is 0 Å². The number of nitrogens with zero attached hydrogens (tertiary/aromatic N) is 1. The first-order chi connectivity index (χ1) is 9.66. The summed E-state index contributed by atoms with van der Waals surface area (Å²) in [5, 5.41) is 8.72. The number of rotatable bonds is 3. The molecule has 116 valence electrons. The van der Waals surface area contributed by atoms with Gasteiger partial charge in [-0.25, -0.2) is 21.6 Å². The van der Waals surface area contributed by atoms with E-state index in [1.54, 1.807) is 0 Å². The van der Waals surface area contributed by atoms with E-state index in [1.165, 1.54) is 12.1 Å². The van der Waals surface area contributed by atoms with Crippen molar-refractivity contribution < 1.29 is 31.5 Å². The van der Waals surface area contributed by atoms with Crippen molar-refractivity contribution in [2.75, 3.05) is 13.1 Å². The quantitative estimate of drug-likeness (QED) is 0.916. The van der Waals surface area contributed by atoms with Crippen molar-refractivity contribution in [2.24, 2.45) is 5.92 Å². The van der Waals surface area contributed by atoms with Crippen molar-refractivity contribution in [1.29, 1.82) is 0 Å². The fraction of sp³-hybridized carbons (Fsp3) is 0.417. The molecule has 0 bridgehead atoms. The van der Waals surface area contributed by atoms with Gasteiger partial charge in [0.15, 0.2) is 0 Å². The first-order valence-corrected chi connectivity index (χ1v) is 7.45. The van der Waals surface area contributed by atoms with E-state index in [2.05, 4.69) is 0 Å². The van der Waals surface area contributed by atoms with Gasteiger partial charge >= 0.3 is 5.97 Å². The highest BCUT2D eigenvalue weighted by Gasteiger charge is 2.51. The molecule has 1 aromatic carbocycles. The molecule has 5 nitrogen and oxygen atoms in total. The Morgan fingerprint density at radius 1 is 1.33 bits per heavy atom. The second-order valence-corrected chi connectivity index (χ2v) is 6.62. The third-order valence-corrected chi connectivity index (χ3v) is 5.20. The summed E-state index contributed by atoms with van der Waals surface area (Å²) in [4.78, 5) is 10.0. The maximum atomic E-state index is 13.7. The summed E-state index contributed by atoms with van der Waals surface area (Å²) in [6.07, 6.45) is -0.532. The molecule has 1 fully saturated rings. The van der Waals surface area contributed by atoms with Gasteiger partial charge in [-0.15, -0.1) is 0 Å². The standard InChI is InChI=1S/C12H12F3NO4S/c13-9-3-1-2-4-10(9)21(19,20)16-6-5-8(11(17)18)12(14,15)7-16/h1-4,8H,5-7H2,(H,17,18). The van der Waals surface area contributed by atoms with Crippen molar-refractivity contribution in [3.8, 4) is 0 Å². The van der Waals surface area contributed by atoms with Crippen LogP contribution in [0.1, 0.15) is 6.42 Å². The molecule has 1 unspecified atom stereocenters. The van der Waals surface area contributed by atoms with Crippen molar-refractivity contribution in [2.45, 2.75) is 17.2 Å². The van der Waals surface area contributed by atoms with Crippen molar-refractivity contribution in [3.05, 3.63) is 30.1 Å². The highest BCUT2D eigenvalue weighted by atomic mass is 32.2. The van der Waals surface area contributed by atoms with E-state index in [9.17, 15) is 26.4 Å². The number of hydrogen-bond acceptors (Lipinski definition) is 3. The first-order valence-electron chi connectivity index (χ1n) is 6.01. The Hall–Kier alpha value is -1.61. The zero-order valence-corrected chi connectivity index (χ0v) is 11.5. The Morgan fingerprint density at radius 3 is 2.48 bits per heavy atom. The van der Waals surface area contributed by atoms with Gasteiger partial charge in [-0.3, -0.25) is 4.79 Å². The number of carboxylic acids is 1. The summed E-state index contributed by atoms with van der Waals surface area (Å²) >= 11 is 0. The third-order valence-electron chi connectivity index (χ3n) is 3.32. The zero-order valence-electron chi connectivity index (χ0n) is 10.7. The highest BCUT2D eigenvalue weighted by Crippen LogP contribution is 2.35. The van der Waals surface area contributed by atoms with E-state index in [4.69, 9.17) is 5.11 Å². The molecule has 0 spiro atoms. The molecule has 21 heavy (non-hydrogen) atoms. The maximum Gasteiger partial charge on any atom is 0.312 e. The number of carbonyl (C=O) groups is 1. The lowest BCUT2D eigenvalue weighted by atomic mass is 9.94. The Bertz CT molecular complexity index is 662. The second kappa shape index (κ2) is 5.30. The van der Waals surface area contributed by atoms with Crippen molar-refractivity contribution in [1.82, 2.24) is 4.31 Å². The molecule has 1 atom stereocenters. The molecule has 1 aromatic rings. The zero-order chi connectivity index (χ0) is 15.8. The summed E-state index contributed by atoms with van der Waals surface area (Å²) < 4.78 is 65.8. The molecule has 1 aliphatic heterocycles. The van der Waals surface area contributed by atoms with Gasteiger partial charge in [0.05, 0.1) is 6.54 Å². The van der Waals surface area contributed by atoms with Crippen LogP contribution in [0.2, 0.25) is 0 Å². The Labute approximate surface area is 119 Å². The minimum atomic E-state index is -4.43. The summed E-state index contributed by atoms with van der Waals surface area (Å²) in [7, 11) is -4.43. The SMILES string of the molecule is O=C(O)C1CCN(S(=O)(=O)c2ccccc2F)CC1(F)F. The van der Waals surface area contributed by atoms with E-state index in [-0.39, 0.29) is 0 Å². The normalized spacial score (nSPS) is 22.9. The maximum absolute atomic E-state index is 13.7. The van der Waals surface area contributed by atoms with Crippen molar-refractivity contribution >= 4 is 16.0 Å². The molecule has 1 N–H and O–H groups in total. The largest absolute Gasteiger partial charge is 0.481 e. The highest BCUT2D eigenvalue weighted by molar-refractivity contribution is 7.89.